The average Bonchev–Trinajstić information content (AvgIpc) is 3.14. The first-order chi connectivity index (χ1) is 12.9. The molecule has 3 N–H and O–H groups in total. The molecule has 1 aliphatic rings. The molecule has 1 heterocycles. The van der Waals surface area contributed by atoms with Gasteiger partial charge in [-0.3, -0.25) is 14.5 Å². The molecule has 3 amide bonds. The average molecular weight is 372 g/mol. The van der Waals surface area contributed by atoms with Crippen molar-refractivity contribution < 1.29 is 19.1 Å². The number of carbonyl (C=O) groups is 3. The minimum Gasteiger partial charge on any atom is -0.445 e. The summed E-state index contributed by atoms with van der Waals surface area (Å²) >= 11 is 0. The number of amides is 3. The Morgan fingerprint density at radius 3 is 2.70 bits per heavy atom. The summed E-state index contributed by atoms with van der Waals surface area (Å²) in [5.74, 6) is -1.59. The van der Waals surface area contributed by atoms with Crippen molar-refractivity contribution in [3.05, 3.63) is 35.9 Å². The van der Waals surface area contributed by atoms with Crippen molar-refractivity contribution in [1.82, 2.24) is 10.2 Å². The van der Waals surface area contributed by atoms with E-state index in [9.17, 15) is 14.4 Å². The van der Waals surface area contributed by atoms with E-state index in [0.717, 1.165) is 5.56 Å². The molecule has 0 bridgehead atoms. The lowest BCUT2D eigenvalue weighted by Gasteiger charge is -2.26. The van der Waals surface area contributed by atoms with Crippen LogP contribution in [0.2, 0.25) is 0 Å². The summed E-state index contributed by atoms with van der Waals surface area (Å²) in [6.45, 7) is 2.19. The molecule has 1 aromatic carbocycles. The van der Waals surface area contributed by atoms with Crippen LogP contribution in [0.1, 0.15) is 31.7 Å². The quantitative estimate of drug-likeness (QED) is 0.746. The second-order valence-corrected chi connectivity index (χ2v) is 6.62. The number of benzene rings is 1. The van der Waals surface area contributed by atoms with Gasteiger partial charge in [0.2, 0.25) is 11.8 Å². The number of nitrogens with two attached hydrogens (primary N) is 1. The van der Waals surface area contributed by atoms with Crippen LogP contribution in [-0.4, -0.2) is 41.4 Å². The summed E-state index contributed by atoms with van der Waals surface area (Å²) in [4.78, 5) is 38.0. The van der Waals surface area contributed by atoms with Crippen LogP contribution in [0, 0.1) is 17.2 Å². The molecule has 144 valence electrons. The smallest absolute Gasteiger partial charge is 0.410 e. The molecule has 1 saturated heterocycles. The second-order valence-electron chi connectivity index (χ2n) is 6.62. The fraction of sp³-hybridized carbons (Fsp3) is 0.474. The predicted molar refractivity (Wildman–Crippen MR) is 96.9 cm³/mol. The Kier molecular flexibility index (Phi) is 7.17. The van der Waals surface area contributed by atoms with E-state index in [2.05, 4.69) is 5.32 Å². The van der Waals surface area contributed by atoms with Crippen molar-refractivity contribution in [2.45, 2.75) is 44.9 Å². The van der Waals surface area contributed by atoms with Crippen LogP contribution in [0.15, 0.2) is 30.3 Å². The summed E-state index contributed by atoms with van der Waals surface area (Å²) in [6, 6.07) is 9.54. The molecule has 8 heteroatoms. The molecular formula is C19H24N4O4. The maximum absolute atomic E-state index is 12.6. The lowest BCUT2D eigenvalue weighted by atomic mass is 9.98. The van der Waals surface area contributed by atoms with Crippen molar-refractivity contribution in [2.75, 3.05) is 6.54 Å². The van der Waals surface area contributed by atoms with E-state index >= 15 is 0 Å². The number of primary amides is 1. The SMILES string of the molecule is C[C@@H](CC#N)[C@@H](NC(=O)[C@H]1CCCN1C(=O)OCc1ccccc1)C(N)=O. The van der Waals surface area contributed by atoms with Gasteiger partial charge in [-0.05, 0) is 24.3 Å². The zero-order valence-electron chi connectivity index (χ0n) is 15.3. The van der Waals surface area contributed by atoms with Gasteiger partial charge in [0.05, 0.1) is 6.07 Å². The largest absolute Gasteiger partial charge is 0.445 e. The van der Waals surface area contributed by atoms with Gasteiger partial charge in [0.25, 0.3) is 0 Å². The standard InChI is InChI=1S/C19H24N4O4/c1-13(9-10-20)16(17(21)24)22-18(25)15-8-5-11-23(15)19(26)27-12-14-6-3-2-4-7-14/h2-4,6-7,13,15-16H,5,8-9,11-12H2,1H3,(H2,21,24)(H,22,25)/t13-,15+,16+/m0/s1. The molecule has 0 spiro atoms. The molecule has 3 atom stereocenters. The summed E-state index contributed by atoms with van der Waals surface area (Å²) in [5.41, 5.74) is 6.21. The van der Waals surface area contributed by atoms with Crippen LogP contribution in [-0.2, 0) is 20.9 Å². The maximum atomic E-state index is 12.6. The lowest BCUT2D eigenvalue weighted by molar-refractivity contribution is -0.130. The summed E-state index contributed by atoms with van der Waals surface area (Å²) in [6.07, 6.45) is 0.649. The summed E-state index contributed by atoms with van der Waals surface area (Å²) < 4.78 is 5.30. The molecule has 0 unspecified atom stereocenters. The van der Waals surface area contributed by atoms with Gasteiger partial charge < -0.3 is 15.8 Å². The van der Waals surface area contributed by atoms with Crippen LogP contribution in [0.5, 0.6) is 0 Å². The second kappa shape index (κ2) is 9.57. The molecule has 0 saturated carbocycles. The first kappa shape index (κ1) is 20.2. The Hall–Kier alpha value is -3.08. The number of nitrogens with one attached hydrogen (secondary N) is 1. The zero-order valence-corrected chi connectivity index (χ0v) is 15.3. The van der Waals surface area contributed by atoms with E-state index in [-0.39, 0.29) is 13.0 Å². The van der Waals surface area contributed by atoms with Crippen molar-refractivity contribution in [3.63, 3.8) is 0 Å². The first-order valence-corrected chi connectivity index (χ1v) is 8.88. The van der Waals surface area contributed by atoms with Crippen LogP contribution in [0.25, 0.3) is 0 Å². The van der Waals surface area contributed by atoms with Gasteiger partial charge in [0.1, 0.15) is 18.7 Å². The van der Waals surface area contributed by atoms with E-state index in [0.29, 0.717) is 19.4 Å². The molecule has 0 radical (unpaired) electrons. The van der Waals surface area contributed by atoms with Crippen LogP contribution >= 0.6 is 0 Å². The normalized spacial score (nSPS) is 18.2. The number of hydrogen-bond donors (Lipinski definition) is 2. The Labute approximate surface area is 158 Å². The highest BCUT2D eigenvalue weighted by Gasteiger charge is 2.37. The topological polar surface area (TPSA) is 126 Å². The van der Waals surface area contributed by atoms with E-state index in [1.165, 1.54) is 4.90 Å². The highest BCUT2D eigenvalue weighted by Crippen LogP contribution is 2.20. The van der Waals surface area contributed by atoms with Gasteiger partial charge in [-0.2, -0.15) is 5.26 Å². The fourth-order valence-corrected chi connectivity index (χ4v) is 3.07. The Morgan fingerprint density at radius 2 is 2.07 bits per heavy atom. The van der Waals surface area contributed by atoms with Crippen molar-refractivity contribution in [2.24, 2.45) is 11.7 Å². The minimum atomic E-state index is -0.958. The van der Waals surface area contributed by atoms with Crippen LogP contribution < -0.4 is 11.1 Å². The number of rotatable bonds is 7. The number of nitriles is 1. The van der Waals surface area contributed by atoms with Crippen molar-refractivity contribution in [3.8, 4) is 6.07 Å². The third-order valence-electron chi connectivity index (χ3n) is 4.58. The van der Waals surface area contributed by atoms with E-state index in [1.54, 1.807) is 6.92 Å². The molecule has 8 nitrogen and oxygen atoms in total. The highest BCUT2D eigenvalue weighted by atomic mass is 16.6. The molecular weight excluding hydrogens is 348 g/mol. The van der Waals surface area contributed by atoms with Gasteiger partial charge in [-0.25, -0.2) is 4.79 Å². The molecule has 1 fully saturated rings. The van der Waals surface area contributed by atoms with E-state index in [4.69, 9.17) is 15.7 Å². The summed E-state index contributed by atoms with van der Waals surface area (Å²) in [7, 11) is 0. The first-order valence-electron chi connectivity index (χ1n) is 8.88. The van der Waals surface area contributed by atoms with Crippen LogP contribution in [0.3, 0.4) is 0 Å². The molecule has 0 aromatic heterocycles. The van der Waals surface area contributed by atoms with E-state index in [1.807, 2.05) is 36.4 Å². The fourth-order valence-electron chi connectivity index (χ4n) is 3.07. The monoisotopic (exact) mass is 372 g/mol. The zero-order chi connectivity index (χ0) is 19.8. The number of carbonyl (C=O) groups excluding carboxylic acids is 3. The number of nitrogens with zero attached hydrogens (tertiary/aromatic N) is 2. The molecule has 1 aromatic rings. The molecule has 2 rings (SSSR count). The highest BCUT2D eigenvalue weighted by molar-refractivity contribution is 5.91. The van der Waals surface area contributed by atoms with E-state index < -0.39 is 35.9 Å². The van der Waals surface area contributed by atoms with Gasteiger partial charge in [-0.1, -0.05) is 37.3 Å². The number of hydrogen-bond acceptors (Lipinski definition) is 5. The molecule has 27 heavy (non-hydrogen) atoms. The van der Waals surface area contributed by atoms with Gasteiger partial charge in [0.15, 0.2) is 0 Å². The number of ether oxygens (including phenoxy) is 1. The third-order valence-corrected chi connectivity index (χ3v) is 4.58. The number of likely N-dealkylation sites (tertiary alicyclic amines) is 1. The van der Waals surface area contributed by atoms with Gasteiger partial charge in [0, 0.05) is 13.0 Å². The summed E-state index contributed by atoms with van der Waals surface area (Å²) in [5, 5.41) is 11.4. The Balaban J connectivity index is 1.97. The molecule has 0 aliphatic carbocycles. The predicted octanol–water partition coefficient (Wildman–Crippen LogP) is 1.31. The van der Waals surface area contributed by atoms with Gasteiger partial charge >= 0.3 is 6.09 Å². The van der Waals surface area contributed by atoms with Crippen molar-refractivity contribution in [1.29, 1.82) is 5.26 Å². The van der Waals surface area contributed by atoms with Crippen molar-refractivity contribution >= 4 is 17.9 Å². The Morgan fingerprint density at radius 1 is 1.37 bits per heavy atom. The molecule has 1 aliphatic heterocycles. The Bertz CT molecular complexity index is 716. The minimum absolute atomic E-state index is 0.0847. The lowest BCUT2D eigenvalue weighted by Crippen LogP contribution is -2.54. The third kappa shape index (κ3) is 5.45. The maximum Gasteiger partial charge on any atom is 0.410 e. The van der Waals surface area contributed by atoms with Gasteiger partial charge in [-0.15, -0.1) is 0 Å². The van der Waals surface area contributed by atoms with Crippen LogP contribution in [0.4, 0.5) is 4.79 Å².